The fourth-order valence-electron chi connectivity index (χ4n) is 1.94. The summed E-state index contributed by atoms with van der Waals surface area (Å²) in [6, 6.07) is 4.21. The highest BCUT2D eigenvalue weighted by atomic mass is 79.9. The number of hydrogen-bond donors (Lipinski definition) is 2. The summed E-state index contributed by atoms with van der Waals surface area (Å²) in [5, 5.41) is 5.99. The number of amides is 1. The average Bonchev–Trinajstić information content (AvgIpc) is 2.71. The maximum atomic E-state index is 12.9. The number of carbonyl (C=O) groups is 1. The van der Waals surface area contributed by atoms with Gasteiger partial charge in [-0.15, -0.1) is 0 Å². The summed E-state index contributed by atoms with van der Waals surface area (Å²) in [6.07, 6.45) is 1.81. The van der Waals surface area contributed by atoms with Crippen molar-refractivity contribution >= 4 is 27.5 Å². The lowest BCUT2D eigenvalue weighted by molar-refractivity contribution is -0.121. The molecule has 1 heterocycles. The highest BCUT2D eigenvalue weighted by molar-refractivity contribution is 9.10. The zero-order valence-corrected chi connectivity index (χ0v) is 11.1. The van der Waals surface area contributed by atoms with Gasteiger partial charge in [-0.25, -0.2) is 4.39 Å². The molecule has 1 aromatic rings. The van der Waals surface area contributed by atoms with Crippen LogP contribution in [0.5, 0.6) is 0 Å². The van der Waals surface area contributed by atoms with E-state index in [1.807, 2.05) is 6.92 Å². The number of nitrogens with one attached hydrogen (secondary N) is 2. The Balaban J connectivity index is 2.13. The predicted octanol–water partition coefficient (Wildman–Crippen LogP) is 2.67. The smallest absolute Gasteiger partial charge is 0.244 e. The summed E-state index contributed by atoms with van der Waals surface area (Å²) in [5.74, 6) is -0.414. The van der Waals surface area contributed by atoms with E-state index in [1.54, 1.807) is 6.07 Å². The molecule has 5 heteroatoms. The molecule has 2 rings (SSSR count). The maximum Gasteiger partial charge on any atom is 0.244 e. The Morgan fingerprint density at radius 2 is 2.35 bits per heavy atom. The predicted molar refractivity (Wildman–Crippen MR) is 68.4 cm³/mol. The summed E-state index contributed by atoms with van der Waals surface area (Å²) in [7, 11) is 0. The van der Waals surface area contributed by atoms with Crippen LogP contribution in [0, 0.1) is 5.82 Å². The minimum absolute atomic E-state index is 0.0812. The van der Waals surface area contributed by atoms with E-state index in [0.717, 1.165) is 19.4 Å². The van der Waals surface area contributed by atoms with Crippen LogP contribution in [-0.2, 0) is 4.79 Å². The maximum absolute atomic E-state index is 12.9. The highest BCUT2D eigenvalue weighted by Crippen LogP contribution is 2.26. The van der Waals surface area contributed by atoms with E-state index < -0.39 is 5.54 Å². The number of benzene rings is 1. The van der Waals surface area contributed by atoms with Gasteiger partial charge in [-0.05, 0) is 60.4 Å². The van der Waals surface area contributed by atoms with Gasteiger partial charge in [-0.1, -0.05) is 0 Å². The first-order valence-corrected chi connectivity index (χ1v) is 6.32. The number of halogens is 2. The van der Waals surface area contributed by atoms with E-state index in [1.165, 1.54) is 12.1 Å². The minimum atomic E-state index is -0.520. The number of hydrogen-bond acceptors (Lipinski definition) is 2. The molecule has 1 amide bonds. The molecule has 0 aromatic heterocycles. The molecule has 0 aliphatic carbocycles. The van der Waals surface area contributed by atoms with Gasteiger partial charge in [0.05, 0.1) is 11.2 Å². The van der Waals surface area contributed by atoms with Crippen molar-refractivity contribution in [3.05, 3.63) is 28.5 Å². The first-order valence-electron chi connectivity index (χ1n) is 5.53. The summed E-state index contributed by atoms with van der Waals surface area (Å²) in [6.45, 7) is 2.74. The van der Waals surface area contributed by atoms with Gasteiger partial charge in [0.15, 0.2) is 0 Å². The molecule has 92 valence electrons. The second-order valence-corrected chi connectivity index (χ2v) is 5.30. The van der Waals surface area contributed by atoms with Gasteiger partial charge in [0.2, 0.25) is 5.91 Å². The van der Waals surface area contributed by atoms with Crippen LogP contribution < -0.4 is 10.6 Å². The Kier molecular flexibility index (Phi) is 3.49. The molecule has 2 N–H and O–H groups in total. The van der Waals surface area contributed by atoms with E-state index in [0.29, 0.717) is 10.2 Å². The third-order valence-corrected chi connectivity index (χ3v) is 3.71. The van der Waals surface area contributed by atoms with Gasteiger partial charge >= 0.3 is 0 Å². The van der Waals surface area contributed by atoms with Gasteiger partial charge in [-0.3, -0.25) is 4.79 Å². The van der Waals surface area contributed by atoms with Crippen LogP contribution in [0.15, 0.2) is 22.7 Å². The fraction of sp³-hybridized carbons (Fsp3) is 0.417. The molecule has 17 heavy (non-hydrogen) atoms. The van der Waals surface area contributed by atoms with Crippen molar-refractivity contribution in [3.63, 3.8) is 0 Å². The molecule has 1 aromatic carbocycles. The summed E-state index contributed by atoms with van der Waals surface area (Å²) in [5.41, 5.74) is 0.0692. The van der Waals surface area contributed by atoms with Crippen LogP contribution in [-0.4, -0.2) is 18.0 Å². The fourth-order valence-corrected chi connectivity index (χ4v) is 2.39. The molecule has 0 radical (unpaired) electrons. The molecule has 1 atom stereocenters. The average molecular weight is 301 g/mol. The van der Waals surface area contributed by atoms with Crippen molar-refractivity contribution in [3.8, 4) is 0 Å². The van der Waals surface area contributed by atoms with Gasteiger partial charge < -0.3 is 10.6 Å². The Morgan fingerprint density at radius 1 is 1.59 bits per heavy atom. The Hall–Kier alpha value is -0.940. The van der Waals surface area contributed by atoms with Crippen LogP contribution in [0.25, 0.3) is 0 Å². The Morgan fingerprint density at radius 3 is 2.94 bits per heavy atom. The van der Waals surface area contributed by atoms with Crippen molar-refractivity contribution in [2.24, 2.45) is 0 Å². The summed E-state index contributed by atoms with van der Waals surface area (Å²) < 4.78 is 13.5. The number of anilines is 1. The molecule has 1 fully saturated rings. The van der Waals surface area contributed by atoms with Gasteiger partial charge in [0.1, 0.15) is 5.82 Å². The van der Waals surface area contributed by atoms with Gasteiger partial charge in [0.25, 0.3) is 0 Å². The molecule has 0 saturated carbocycles. The van der Waals surface area contributed by atoms with Crippen LogP contribution >= 0.6 is 15.9 Å². The number of rotatable bonds is 2. The Labute approximate surface area is 108 Å². The molecule has 0 spiro atoms. The molecule has 0 bridgehead atoms. The quantitative estimate of drug-likeness (QED) is 0.882. The monoisotopic (exact) mass is 300 g/mol. The largest absolute Gasteiger partial charge is 0.323 e. The van der Waals surface area contributed by atoms with Gasteiger partial charge in [0, 0.05) is 4.47 Å². The molecule has 3 nitrogen and oxygen atoms in total. The van der Waals surface area contributed by atoms with Crippen molar-refractivity contribution < 1.29 is 9.18 Å². The van der Waals surface area contributed by atoms with Crippen molar-refractivity contribution in [2.45, 2.75) is 25.3 Å². The number of carbonyl (C=O) groups excluding carboxylic acids is 1. The van der Waals surface area contributed by atoms with Gasteiger partial charge in [-0.2, -0.15) is 0 Å². The SMILES string of the molecule is CC1(C(=O)Nc2ccc(F)cc2Br)CCCN1. The topological polar surface area (TPSA) is 41.1 Å². The molecule has 1 aliphatic heterocycles. The van der Waals surface area contributed by atoms with E-state index in [4.69, 9.17) is 0 Å². The second kappa shape index (κ2) is 4.74. The third-order valence-electron chi connectivity index (χ3n) is 3.05. The standard InChI is InChI=1S/C12H14BrFN2O/c1-12(5-2-6-15-12)11(17)16-10-4-3-8(14)7-9(10)13/h3-4,7,15H,2,5-6H2,1H3,(H,16,17). The first-order chi connectivity index (χ1) is 8.01. The Bertz CT molecular complexity index is 444. The zero-order valence-electron chi connectivity index (χ0n) is 9.52. The van der Waals surface area contributed by atoms with E-state index in [-0.39, 0.29) is 11.7 Å². The molecule has 1 saturated heterocycles. The molecule has 1 unspecified atom stereocenters. The van der Waals surface area contributed by atoms with Crippen molar-refractivity contribution in [1.82, 2.24) is 5.32 Å². The lowest BCUT2D eigenvalue weighted by atomic mass is 9.99. The molecular weight excluding hydrogens is 287 g/mol. The lowest BCUT2D eigenvalue weighted by Gasteiger charge is -2.23. The van der Waals surface area contributed by atoms with Crippen LogP contribution in [0.3, 0.4) is 0 Å². The minimum Gasteiger partial charge on any atom is -0.323 e. The van der Waals surface area contributed by atoms with E-state index >= 15 is 0 Å². The van der Waals surface area contributed by atoms with Crippen LogP contribution in [0.2, 0.25) is 0 Å². The normalized spacial score (nSPS) is 23.7. The second-order valence-electron chi connectivity index (χ2n) is 4.44. The zero-order chi connectivity index (χ0) is 12.5. The van der Waals surface area contributed by atoms with E-state index in [9.17, 15) is 9.18 Å². The molecule has 1 aliphatic rings. The van der Waals surface area contributed by atoms with Crippen LogP contribution in [0.1, 0.15) is 19.8 Å². The van der Waals surface area contributed by atoms with Crippen molar-refractivity contribution in [1.29, 1.82) is 0 Å². The van der Waals surface area contributed by atoms with Crippen molar-refractivity contribution in [2.75, 3.05) is 11.9 Å². The lowest BCUT2D eigenvalue weighted by Crippen LogP contribution is -2.48. The summed E-state index contributed by atoms with van der Waals surface area (Å²) >= 11 is 3.23. The van der Waals surface area contributed by atoms with E-state index in [2.05, 4.69) is 26.6 Å². The van der Waals surface area contributed by atoms with Crippen LogP contribution in [0.4, 0.5) is 10.1 Å². The molecular formula is C12H14BrFN2O. The summed E-state index contributed by atoms with van der Waals surface area (Å²) in [4.78, 5) is 12.1. The third kappa shape index (κ3) is 2.66. The first kappa shape index (κ1) is 12.5. The highest BCUT2D eigenvalue weighted by Gasteiger charge is 2.35.